The molecule has 0 saturated carbocycles. The third-order valence-corrected chi connectivity index (χ3v) is 8.00. The van der Waals surface area contributed by atoms with Crippen molar-refractivity contribution < 1.29 is 32.2 Å². The zero-order valence-corrected chi connectivity index (χ0v) is 25.4. The van der Waals surface area contributed by atoms with Crippen LogP contribution < -0.4 is 4.74 Å². The van der Waals surface area contributed by atoms with E-state index in [0.717, 1.165) is 22.8 Å². The fourth-order valence-corrected chi connectivity index (χ4v) is 5.08. The molecule has 1 N–H and O–H groups in total. The average Bonchev–Trinajstić information content (AvgIpc) is 3.50. The fraction of sp³-hybridized carbons (Fsp3) is 0.206. The molecule has 2 aromatic carbocycles. The Morgan fingerprint density at radius 3 is 2.44 bits per heavy atom. The van der Waals surface area contributed by atoms with E-state index >= 15 is 0 Å². The number of ether oxygens (including phenoxy) is 1. The van der Waals surface area contributed by atoms with Gasteiger partial charge in [0.25, 0.3) is 5.91 Å². The number of alkyl halides is 3. The van der Waals surface area contributed by atoms with Gasteiger partial charge in [-0.05, 0) is 66.4 Å². The lowest BCUT2D eigenvalue weighted by Crippen LogP contribution is -2.31. The number of aliphatic hydroxyl groups excluding tert-OH is 1. The Bertz CT molecular complexity index is 1900. The third kappa shape index (κ3) is 6.51. The number of nitrogens with zero attached hydrogens (tertiary/aromatic N) is 3. The summed E-state index contributed by atoms with van der Waals surface area (Å²) in [6.07, 6.45) is -1.78. The molecule has 0 aliphatic carbocycles. The monoisotopic (exact) mass is 635 g/mol. The van der Waals surface area contributed by atoms with Crippen LogP contribution in [0.1, 0.15) is 46.9 Å². The first-order valence-electron chi connectivity index (χ1n) is 13.8. The predicted molar refractivity (Wildman–Crippen MR) is 165 cm³/mol. The number of hydrogen-bond donors (Lipinski definition) is 1. The van der Waals surface area contributed by atoms with Crippen LogP contribution in [0.25, 0.3) is 22.2 Å². The number of rotatable bonds is 9. The zero-order valence-electron chi connectivity index (χ0n) is 24.7. The quantitative estimate of drug-likeness (QED) is 0.163. The Hall–Kier alpha value is -4.83. The number of aliphatic hydroxyl groups is 1. The van der Waals surface area contributed by atoms with Crippen molar-refractivity contribution >= 4 is 28.5 Å². The number of methoxy groups -OCH3 is 1. The van der Waals surface area contributed by atoms with Crippen molar-refractivity contribution in [1.82, 2.24) is 14.9 Å². The molecule has 232 valence electrons. The van der Waals surface area contributed by atoms with Gasteiger partial charge >= 0.3 is 6.18 Å². The summed E-state index contributed by atoms with van der Waals surface area (Å²) in [6.45, 7) is 7.05. The van der Waals surface area contributed by atoms with Crippen LogP contribution >= 0.6 is 11.6 Å². The third-order valence-electron chi connectivity index (χ3n) is 7.65. The first kappa shape index (κ1) is 31.6. The number of halogens is 4. The molecule has 7 nitrogen and oxygen atoms in total. The molecule has 0 aliphatic rings. The Morgan fingerprint density at radius 2 is 1.78 bits per heavy atom. The minimum absolute atomic E-state index is 0.0329. The van der Waals surface area contributed by atoms with Crippen LogP contribution in [0.4, 0.5) is 13.2 Å². The highest BCUT2D eigenvalue weighted by atomic mass is 35.5. The molecule has 0 atom stereocenters. The van der Waals surface area contributed by atoms with Gasteiger partial charge in [-0.15, -0.1) is 0 Å². The lowest BCUT2D eigenvalue weighted by atomic mass is 9.82. The molecular formula is C34H29ClF3N3O4. The van der Waals surface area contributed by atoms with E-state index in [0.29, 0.717) is 16.1 Å². The highest BCUT2D eigenvalue weighted by Crippen LogP contribution is 2.35. The number of furan rings is 1. The number of allylic oxidation sites excluding steroid dienone is 1. The molecule has 0 radical (unpaired) electrons. The zero-order chi connectivity index (χ0) is 32.5. The number of pyridine rings is 2. The van der Waals surface area contributed by atoms with Crippen LogP contribution in [0, 0.1) is 0 Å². The van der Waals surface area contributed by atoms with Crippen molar-refractivity contribution in [2.45, 2.75) is 38.5 Å². The van der Waals surface area contributed by atoms with Crippen LogP contribution in [-0.4, -0.2) is 33.0 Å². The van der Waals surface area contributed by atoms with Gasteiger partial charge in [-0.3, -0.25) is 14.8 Å². The highest BCUT2D eigenvalue weighted by molar-refractivity contribution is 6.31. The number of aromatic nitrogens is 2. The molecule has 0 aliphatic heterocycles. The SMILES string of the molecule is C=C(O)C(C)(C)c1cccc(-c2ccc(CN(Cc3ccc(C(F)(F)F)o3)C(=O)c3c(OC)cnc4cccnc34)c(Cl)c2)c1. The number of amides is 1. The summed E-state index contributed by atoms with van der Waals surface area (Å²) < 4.78 is 50.4. The Morgan fingerprint density at radius 1 is 1.02 bits per heavy atom. The summed E-state index contributed by atoms with van der Waals surface area (Å²) in [5.74, 6) is -1.62. The van der Waals surface area contributed by atoms with Gasteiger partial charge in [0.1, 0.15) is 16.8 Å². The van der Waals surface area contributed by atoms with Gasteiger partial charge in [-0.2, -0.15) is 13.2 Å². The van der Waals surface area contributed by atoms with Gasteiger partial charge in [-0.1, -0.05) is 54.6 Å². The van der Waals surface area contributed by atoms with Crippen LogP contribution in [0.3, 0.4) is 0 Å². The van der Waals surface area contributed by atoms with Gasteiger partial charge in [0, 0.05) is 23.2 Å². The topological polar surface area (TPSA) is 88.7 Å². The number of carbonyl (C=O) groups excluding carboxylic acids is 1. The van der Waals surface area contributed by atoms with Crippen LogP contribution in [-0.2, 0) is 24.7 Å². The van der Waals surface area contributed by atoms with E-state index in [1.54, 1.807) is 24.3 Å². The molecule has 5 aromatic rings. The van der Waals surface area contributed by atoms with E-state index in [1.165, 1.54) is 30.5 Å². The minimum atomic E-state index is -4.68. The van der Waals surface area contributed by atoms with Crippen molar-refractivity contribution in [1.29, 1.82) is 0 Å². The standard InChI is InChI=1S/C34H29ClF3N3O4/c1-20(42)33(2,3)24-8-5-7-21(15-24)22-10-11-23(26(35)16-22)18-41(19-25-12-13-29(45-25)34(36,37)38)32(43)30-28(44-4)17-40-27-9-6-14-39-31(27)30/h5-17,42H,1,18-19H2,2-4H3. The molecule has 3 aromatic heterocycles. The molecule has 0 saturated heterocycles. The number of fused-ring (bicyclic) bond motifs is 1. The van der Waals surface area contributed by atoms with Crippen molar-refractivity contribution in [3.05, 3.63) is 125 Å². The van der Waals surface area contributed by atoms with E-state index in [2.05, 4.69) is 16.5 Å². The Kier molecular flexibility index (Phi) is 8.62. The first-order valence-corrected chi connectivity index (χ1v) is 14.2. The summed E-state index contributed by atoms with van der Waals surface area (Å²) in [6, 6.07) is 18.3. The summed E-state index contributed by atoms with van der Waals surface area (Å²) in [7, 11) is 1.39. The van der Waals surface area contributed by atoms with Gasteiger partial charge in [-0.25, -0.2) is 0 Å². The highest BCUT2D eigenvalue weighted by Gasteiger charge is 2.35. The molecule has 0 bridgehead atoms. The van der Waals surface area contributed by atoms with E-state index < -0.39 is 23.3 Å². The summed E-state index contributed by atoms with van der Waals surface area (Å²) in [5.41, 5.74) is 3.17. The van der Waals surface area contributed by atoms with Crippen LogP contribution in [0.15, 0.2) is 95.9 Å². The number of benzene rings is 2. The molecule has 3 heterocycles. The van der Waals surface area contributed by atoms with Gasteiger partial charge in [0.2, 0.25) is 5.76 Å². The lowest BCUT2D eigenvalue weighted by molar-refractivity contribution is -0.153. The van der Waals surface area contributed by atoms with E-state index in [1.807, 2.05) is 44.2 Å². The second-order valence-corrected chi connectivity index (χ2v) is 11.4. The molecule has 0 unspecified atom stereocenters. The summed E-state index contributed by atoms with van der Waals surface area (Å²) >= 11 is 6.76. The van der Waals surface area contributed by atoms with Crippen LogP contribution in [0.2, 0.25) is 5.02 Å². The number of carbonyl (C=O) groups is 1. The minimum Gasteiger partial charge on any atom is -0.512 e. The molecule has 1 amide bonds. The van der Waals surface area contributed by atoms with Crippen LogP contribution in [0.5, 0.6) is 5.75 Å². The molecular weight excluding hydrogens is 607 g/mol. The van der Waals surface area contributed by atoms with Gasteiger partial charge in [0.15, 0.2) is 5.75 Å². The normalized spacial score (nSPS) is 11.9. The van der Waals surface area contributed by atoms with Crippen molar-refractivity contribution in [2.75, 3.05) is 7.11 Å². The van der Waals surface area contributed by atoms with Crippen molar-refractivity contribution in [2.24, 2.45) is 0 Å². The predicted octanol–water partition coefficient (Wildman–Crippen LogP) is 8.76. The lowest BCUT2D eigenvalue weighted by Gasteiger charge is -2.25. The van der Waals surface area contributed by atoms with Gasteiger partial charge < -0.3 is 19.2 Å². The molecule has 0 spiro atoms. The summed E-state index contributed by atoms with van der Waals surface area (Å²) in [5, 5.41) is 10.4. The molecule has 0 fully saturated rings. The van der Waals surface area contributed by atoms with Gasteiger partial charge in [0.05, 0.1) is 31.1 Å². The maximum absolute atomic E-state index is 14.2. The number of hydrogen-bond acceptors (Lipinski definition) is 6. The van der Waals surface area contributed by atoms with E-state index in [9.17, 15) is 23.1 Å². The second kappa shape index (κ2) is 12.3. The molecule has 45 heavy (non-hydrogen) atoms. The van der Waals surface area contributed by atoms with Crippen molar-refractivity contribution in [3.8, 4) is 16.9 Å². The Balaban J connectivity index is 1.53. The first-order chi connectivity index (χ1) is 21.3. The average molecular weight is 636 g/mol. The summed E-state index contributed by atoms with van der Waals surface area (Å²) in [4.78, 5) is 24.1. The fourth-order valence-electron chi connectivity index (χ4n) is 4.84. The molecule has 5 rings (SSSR count). The largest absolute Gasteiger partial charge is 0.512 e. The Labute approximate surface area is 262 Å². The smallest absolute Gasteiger partial charge is 0.449 e. The van der Waals surface area contributed by atoms with Crippen molar-refractivity contribution in [3.63, 3.8) is 0 Å². The molecule has 11 heteroatoms. The maximum atomic E-state index is 14.2. The second-order valence-electron chi connectivity index (χ2n) is 11.0. The maximum Gasteiger partial charge on any atom is 0.449 e. The van der Waals surface area contributed by atoms with E-state index in [-0.39, 0.29) is 41.4 Å². The van der Waals surface area contributed by atoms with E-state index in [4.69, 9.17) is 20.8 Å².